The molecule has 1 aliphatic heterocycles. The van der Waals surface area contributed by atoms with E-state index in [0.717, 1.165) is 34.5 Å². The fourth-order valence-corrected chi connectivity index (χ4v) is 3.01. The Balaban J connectivity index is 2.17. The van der Waals surface area contributed by atoms with Gasteiger partial charge in [-0.15, -0.1) is 11.3 Å². The summed E-state index contributed by atoms with van der Waals surface area (Å²) in [7, 11) is 0. The SMILES string of the molecule is CCc1cc(-c2csc(N)n2)cc2c1NC(=O)C2C. The third-order valence-electron chi connectivity index (χ3n) is 3.56. The number of nitrogen functional groups attached to an aromatic ring is 1. The molecule has 0 radical (unpaired) electrons. The summed E-state index contributed by atoms with van der Waals surface area (Å²) in [6, 6.07) is 4.14. The lowest BCUT2D eigenvalue weighted by atomic mass is 9.95. The Bertz CT molecular complexity index is 663. The maximum atomic E-state index is 11.8. The van der Waals surface area contributed by atoms with Gasteiger partial charge in [-0.3, -0.25) is 4.79 Å². The number of fused-ring (bicyclic) bond motifs is 1. The molecule has 3 rings (SSSR count). The van der Waals surface area contributed by atoms with Crippen molar-refractivity contribution in [2.24, 2.45) is 0 Å². The van der Waals surface area contributed by atoms with Crippen LogP contribution in [0, 0.1) is 0 Å². The van der Waals surface area contributed by atoms with E-state index in [1.807, 2.05) is 18.4 Å². The van der Waals surface area contributed by atoms with Crippen LogP contribution in [0.15, 0.2) is 17.5 Å². The summed E-state index contributed by atoms with van der Waals surface area (Å²) >= 11 is 1.43. The quantitative estimate of drug-likeness (QED) is 0.883. The van der Waals surface area contributed by atoms with Gasteiger partial charge in [-0.25, -0.2) is 4.98 Å². The average Bonchev–Trinajstić information content (AvgIpc) is 2.95. The zero-order chi connectivity index (χ0) is 13.6. The smallest absolute Gasteiger partial charge is 0.231 e. The second-order valence-electron chi connectivity index (χ2n) is 4.74. The first kappa shape index (κ1) is 12.2. The van der Waals surface area contributed by atoms with E-state index >= 15 is 0 Å². The monoisotopic (exact) mass is 273 g/mol. The number of carbonyl (C=O) groups excluding carboxylic acids is 1. The first-order valence-electron chi connectivity index (χ1n) is 6.29. The Kier molecular flexibility index (Phi) is 2.78. The van der Waals surface area contributed by atoms with Crippen LogP contribution in [0.2, 0.25) is 0 Å². The third kappa shape index (κ3) is 1.90. The summed E-state index contributed by atoms with van der Waals surface area (Å²) in [5.74, 6) is -0.0316. The predicted molar refractivity (Wildman–Crippen MR) is 78.4 cm³/mol. The molecule has 0 bridgehead atoms. The summed E-state index contributed by atoms with van der Waals surface area (Å²) in [6.07, 6.45) is 0.878. The minimum absolute atomic E-state index is 0.0691. The molecule has 98 valence electrons. The molecular weight excluding hydrogens is 258 g/mol. The number of amides is 1. The summed E-state index contributed by atoms with van der Waals surface area (Å²) in [6.45, 7) is 4.02. The molecule has 0 aliphatic carbocycles. The van der Waals surface area contributed by atoms with Crippen LogP contribution in [0.1, 0.15) is 30.9 Å². The fourth-order valence-electron chi connectivity index (χ4n) is 2.44. The molecular formula is C14H15N3OS. The second kappa shape index (κ2) is 4.35. The number of nitrogens with zero attached hydrogens (tertiary/aromatic N) is 1. The molecule has 3 N–H and O–H groups in total. The second-order valence-corrected chi connectivity index (χ2v) is 5.62. The average molecular weight is 273 g/mol. The van der Waals surface area contributed by atoms with Crippen molar-refractivity contribution in [2.75, 3.05) is 11.1 Å². The summed E-state index contributed by atoms with van der Waals surface area (Å²) in [5.41, 5.74) is 10.8. The first-order valence-corrected chi connectivity index (χ1v) is 7.17. The molecule has 2 aromatic rings. The van der Waals surface area contributed by atoms with Gasteiger partial charge in [-0.2, -0.15) is 0 Å². The highest BCUT2D eigenvalue weighted by Gasteiger charge is 2.29. The highest BCUT2D eigenvalue weighted by Crippen LogP contribution is 2.39. The number of thiazole rings is 1. The van der Waals surface area contributed by atoms with Crippen LogP contribution in [-0.4, -0.2) is 10.9 Å². The van der Waals surface area contributed by atoms with E-state index < -0.39 is 0 Å². The lowest BCUT2D eigenvalue weighted by Gasteiger charge is -2.09. The van der Waals surface area contributed by atoms with Crippen LogP contribution in [-0.2, 0) is 11.2 Å². The Morgan fingerprint density at radius 3 is 2.89 bits per heavy atom. The van der Waals surface area contributed by atoms with Crippen molar-refractivity contribution in [1.29, 1.82) is 0 Å². The maximum absolute atomic E-state index is 11.8. The molecule has 1 aromatic carbocycles. The van der Waals surface area contributed by atoms with E-state index in [2.05, 4.69) is 23.3 Å². The highest BCUT2D eigenvalue weighted by atomic mass is 32.1. The van der Waals surface area contributed by atoms with E-state index in [4.69, 9.17) is 5.73 Å². The van der Waals surface area contributed by atoms with Crippen LogP contribution in [0.5, 0.6) is 0 Å². The number of benzene rings is 1. The largest absolute Gasteiger partial charge is 0.375 e. The molecule has 1 unspecified atom stereocenters. The molecule has 1 amide bonds. The van der Waals surface area contributed by atoms with Crippen molar-refractivity contribution in [2.45, 2.75) is 26.2 Å². The summed E-state index contributed by atoms with van der Waals surface area (Å²) in [4.78, 5) is 16.1. The van der Waals surface area contributed by atoms with Gasteiger partial charge in [0, 0.05) is 16.6 Å². The van der Waals surface area contributed by atoms with Gasteiger partial charge in [-0.05, 0) is 36.6 Å². The minimum atomic E-state index is -0.101. The standard InChI is InChI=1S/C14H15N3OS/c1-3-8-4-9(11-6-19-14(15)16-11)5-10-7(2)13(18)17-12(8)10/h4-7H,3H2,1-2H3,(H2,15,16)(H,17,18). The first-order chi connectivity index (χ1) is 9.10. The number of rotatable bonds is 2. The third-order valence-corrected chi connectivity index (χ3v) is 4.23. The number of aryl methyl sites for hydroxylation is 1. The van der Waals surface area contributed by atoms with Gasteiger partial charge in [-0.1, -0.05) is 6.92 Å². The maximum Gasteiger partial charge on any atom is 0.231 e. The molecule has 1 aliphatic rings. The van der Waals surface area contributed by atoms with Gasteiger partial charge in [0.2, 0.25) is 5.91 Å². The molecule has 19 heavy (non-hydrogen) atoms. The minimum Gasteiger partial charge on any atom is -0.375 e. The van der Waals surface area contributed by atoms with Crippen molar-refractivity contribution in [3.8, 4) is 11.3 Å². The van der Waals surface area contributed by atoms with Crippen LogP contribution >= 0.6 is 11.3 Å². The lowest BCUT2D eigenvalue weighted by molar-refractivity contribution is -0.116. The highest BCUT2D eigenvalue weighted by molar-refractivity contribution is 7.13. The zero-order valence-corrected chi connectivity index (χ0v) is 11.7. The Morgan fingerprint density at radius 1 is 1.47 bits per heavy atom. The lowest BCUT2D eigenvalue weighted by Crippen LogP contribution is -2.08. The van der Waals surface area contributed by atoms with Gasteiger partial charge in [0.1, 0.15) is 0 Å². The van der Waals surface area contributed by atoms with Gasteiger partial charge in [0.25, 0.3) is 0 Å². The number of aromatic nitrogens is 1. The van der Waals surface area contributed by atoms with Crippen molar-refractivity contribution in [3.05, 3.63) is 28.6 Å². The van der Waals surface area contributed by atoms with Crippen molar-refractivity contribution in [1.82, 2.24) is 4.98 Å². The topological polar surface area (TPSA) is 68.0 Å². The van der Waals surface area contributed by atoms with Gasteiger partial charge in [0.05, 0.1) is 11.6 Å². The van der Waals surface area contributed by atoms with Crippen LogP contribution in [0.4, 0.5) is 10.8 Å². The zero-order valence-electron chi connectivity index (χ0n) is 10.9. The Morgan fingerprint density at radius 2 is 2.26 bits per heavy atom. The summed E-state index contributed by atoms with van der Waals surface area (Å²) in [5, 5.41) is 5.48. The molecule has 0 saturated carbocycles. The van der Waals surface area contributed by atoms with Gasteiger partial charge in [0.15, 0.2) is 5.13 Å². The Hall–Kier alpha value is -1.88. The molecule has 4 nitrogen and oxygen atoms in total. The van der Waals surface area contributed by atoms with Gasteiger partial charge >= 0.3 is 0 Å². The van der Waals surface area contributed by atoms with Crippen LogP contribution < -0.4 is 11.1 Å². The molecule has 1 atom stereocenters. The van der Waals surface area contributed by atoms with Crippen molar-refractivity contribution < 1.29 is 4.79 Å². The molecule has 0 saturated heterocycles. The van der Waals surface area contributed by atoms with E-state index in [9.17, 15) is 4.79 Å². The van der Waals surface area contributed by atoms with E-state index in [0.29, 0.717) is 5.13 Å². The van der Waals surface area contributed by atoms with E-state index in [-0.39, 0.29) is 11.8 Å². The number of hydrogen-bond donors (Lipinski definition) is 2. The number of anilines is 2. The molecule has 0 fully saturated rings. The normalized spacial score (nSPS) is 17.4. The van der Waals surface area contributed by atoms with Crippen molar-refractivity contribution in [3.63, 3.8) is 0 Å². The predicted octanol–water partition coefficient (Wildman–Crippen LogP) is 3.01. The molecule has 2 heterocycles. The number of carbonyl (C=O) groups is 1. The Labute approximate surface area is 115 Å². The number of nitrogens with one attached hydrogen (secondary N) is 1. The fraction of sp³-hybridized carbons (Fsp3) is 0.286. The van der Waals surface area contributed by atoms with Gasteiger partial charge < -0.3 is 11.1 Å². The molecule has 5 heteroatoms. The van der Waals surface area contributed by atoms with E-state index in [1.165, 1.54) is 11.3 Å². The summed E-state index contributed by atoms with van der Waals surface area (Å²) < 4.78 is 0. The number of hydrogen-bond acceptors (Lipinski definition) is 4. The number of nitrogens with two attached hydrogens (primary N) is 1. The van der Waals surface area contributed by atoms with Crippen molar-refractivity contribution >= 4 is 28.1 Å². The van der Waals surface area contributed by atoms with Crippen LogP contribution in [0.25, 0.3) is 11.3 Å². The molecule has 0 spiro atoms. The van der Waals surface area contributed by atoms with E-state index in [1.54, 1.807) is 0 Å². The molecule has 1 aromatic heterocycles. The van der Waals surface area contributed by atoms with Crippen LogP contribution in [0.3, 0.4) is 0 Å².